The molecule has 1 amide bonds. The van der Waals surface area contributed by atoms with Gasteiger partial charge in [0.15, 0.2) is 0 Å². The van der Waals surface area contributed by atoms with Crippen LogP contribution < -0.4 is 5.32 Å². The molecule has 1 heterocycles. The minimum Gasteiger partial charge on any atom is -0.351 e. The van der Waals surface area contributed by atoms with Crippen LogP contribution in [0.4, 0.5) is 10.1 Å². The van der Waals surface area contributed by atoms with E-state index in [-0.39, 0.29) is 17.1 Å². The van der Waals surface area contributed by atoms with Crippen LogP contribution in [0.5, 0.6) is 0 Å². The van der Waals surface area contributed by atoms with Crippen molar-refractivity contribution in [3.63, 3.8) is 0 Å². The minimum atomic E-state index is -0.572. The molecule has 6 nitrogen and oxygen atoms in total. The van der Waals surface area contributed by atoms with E-state index >= 15 is 0 Å². The Labute approximate surface area is 158 Å². The zero-order valence-electron chi connectivity index (χ0n) is 14.4. The van der Waals surface area contributed by atoms with Gasteiger partial charge in [0.2, 0.25) is 0 Å². The fraction of sp³-hybridized carbons (Fsp3) is 0.158. The second-order valence-electron chi connectivity index (χ2n) is 5.81. The van der Waals surface area contributed by atoms with Crippen LogP contribution in [-0.4, -0.2) is 22.4 Å². The molecule has 3 aromatic rings. The molecule has 8 heteroatoms. The van der Waals surface area contributed by atoms with E-state index in [0.717, 1.165) is 21.1 Å². The van der Waals surface area contributed by atoms with Crippen molar-refractivity contribution in [1.82, 2.24) is 10.3 Å². The second-order valence-corrected chi connectivity index (χ2v) is 6.90. The summed E-state index contributed by atoms with van der Waals surface area (Å²) in [7, 11) is 0. The maximum absolute atomic E-state index is 13.0. The maximum atomic E-state index is 13.0. The molecule has 0 aliphatic rings. The van der Waals surface area contributed by atoms with Crippen LogP contribution in [0.15, 0.2) is 48.5 Å². The zero-order chi connectivity index (χ0) is 19.4. The van der Waals surface area contributed by atoms with E-state index in [1.807, 2.05) is 6.92 Å². The number of nitro groups is 1. The Morgan fingerprint density at radius 2 is 1.93 bits per heavy atom. The molecule has 0 bridgehead atoms. The quantitative estimate of drug-likeness (QED) is 0.510. The van der Waals surface area contributed by atoms with Crippen LogP contribution in [0.25, 0.3) is 10.6 Å². The highest BCUT2D eigenvalue weighted by molar-refractivity contribution is 7.15. The molecule has 0 spiro atoms. The van der Waals surface area contributed by atoms with Crippen molar-refractivity contribution < 1.29 is 14.1 Å². The fourth-order valence-electron chi connectivity index (χ4n) is 2.59. The van der Waals surface area contributed by atoms with Crippen LogP contribution >= 0.6 is 11.3 Å². The molecule has 0 aliphatic heterocycles. The number of nitrogens with one attached hydrogen (secondary N) is 1. The van der Waals surface area contributed by atoms with Crippen molar-refractivity contribution >= 4 is 22.9 Å². The van der Waals surface area contributed by atoms with E-state index in [1.54, 1.807) is 18.2 Å². The predicted octanol–water partition coefficient (Wildman–Crippen LogP) is 4.14. The van der Waals surface area contributed by atoms with Crippen LogP contribution in [0, 0.1) is 22.9 Å². The highest BCUT2D eigenvalue weighted by Gasteiger charge is 2.19. The van der Waals surface area contributed by atoms with Gasteiger partial charge in [0.1, 0.15) is 16.4 Å². The number of nitrogens with zero attached hydrogens (tertiary/aromatic N) is 2. The van der Waals surface area contributed by atoms with Crippen LogP contribution in [0.2, 0.25) is 0 Å². The standard InChI is InChI=1S/C19H16FN3O3S/c1-12-17(27-19(22-12)13-6-8-14(20)9-7-13)10-11-21-18(24)15-4-2-3-5-16(15)23(25)26/h2-9H,10-11H2,1H3,(H,21,24). The Balaban J connectivity index is 1.65. The first-order valence-electron chi connectivity index (χ1n) is 8.19. The number of para-hydroxylation sites is 1. The SMILES string of the molecule is Cc1nc(-c2ccc(F)cc2)sc1CCNC(=O)c1ccccc1[N+](=O)[O-]. The monoisotopic (exact) mass is 385 g/mol. The number of amides is 1. The lowest BCUT2D eigenvalue weighted by molar-refractivity contribution is -0.385. The van der Waals surface area contributed by atoms with E-state index in [0.29, 0.717) is 13.0 Å². The predicted molar refractivity (Wildman–Crippen MR) is 101 cm³/mol. The van der Waals surface area contributed by atoms with E-state index in [1.165, 1.54) is 41.7 Å². The molecule has 1 N–H and O–H groups in total. The Morgan fingerprint density at radius 1 is 1.22 bits per heavy atom. The normalized spacial score (nSPS) is 10.6. The minimum absolute atomic E-state index is 0.0375. The molecule has 138 valence electrons. The number of aryl methyl sites for hydroxylation is 1. The number of hydrogen-bond acceptors (Lipinski definition) is 5. The maximum Gasteiger partial charge on any atom is 0.282 e. The summed E-state index contributed by atoms with van der Waals surface area (Å²) in [6.07, 6.45) is 0.553. The van der Waals surface area contributed by atoms with Gasteiger partial charge in [-0.25, -0.2) is 9.37 Å². The summed E-state index contributed by atoms with van der Waals surface area (Å²) in [5.41, 5.74) is 1.50. The van der Waals surface area contributed by atoms with Gasteiger partial charge in [-0.2, -0.15) is 0 Å². The summed E-state index contributed by atoms with van der Waals surface area (Å²) >= 11 is 1.48. The number of nitro benzene ring substituents is 1. The smallest absolute Gasteiger partial charge is 0.282 e. The lowest BCUT2D eigenvalue weighted by Gasteiger charge is -2.05. The highest BCUT2D eigenvalue weighted by atomic mass is 32.1. The summed E-state index contributed by atoms with van der Waals surface area (Å²) in [6, 6.07) is 12.0. The van der Waals surface area contributed by atoms with Crippen molar-refractivity contribution in [2.45, 2.75) is 13.3 Å². The van der Waals surface area contributed by atoms with Gasteiger partial charge >= 0.3 is 0 Å². The number of hydrogen-bond donors (Lipinski definition) is 1. The van der Waals surface area contributed by atoms with Crippen LogP contribution in [0.3, 0.4) is 0 Å². The molecule has 27 heavy (non-hydrogen) atoms. The molecular weight excluding hydrogens is 369 g/mol. The zero-order valence-corrected chi connectivity index (χ0v) is 15.3. The highest BCUT2D eigenvalue weighted by Crippen LogP contribution is 2.28. The number of carbonyl (C=O) groups is 1. The van der Waals surface area contributed by atoms with Crippen LogP contribution in [0.1, 0.15) is 20.9 Å². The number of carbonyl (C=O) groups excluding carboxylic acids is 1. The third-order valence-corrected chi connectivity index (χ3v) is 5.23. The van der Waals surface area contributed by atoms with Gasteiger partial charge in [0, 0.05) is 29.5 Å². The molecule has 0 saturated carbocycles. The topological polar surface area (TPSA) is 85.1 Å². The van der Waals surface area contributed by atoms with E-state index < -0.39 is 10.8 Å². The Morgan fingerprint density at radius 3 is 2.63 bits per heavy atom. The number of rotatable bonds is 6. The third kappa shape index (κ3) is 4.35. The summed E-state index contributed by atoms with van der Waals surface area (Å²) in [5.74, 6) is -0.784. The Hall–Kier alpha value is -3.13. The summed E-state index contributed by atoms with van der Waals surface area (Å²) in [6.45, 7) is 2.21. The first-order chi connectivity index (χ1) is 13.0. The summed E-state index contributed by atoms with van der Waals surface area (Å²) < 4.78 is 13.0. The first kappa shape index (κ1) is 18.7. The van der Waals surface area contributed by atoms with E-state index in [2.05, 4.69) is 10.3 Å². The molecule has 3 rings (SSSR count). The number of aromatic nitrogens is 1. The Bertz CT molecular complexity index is 986. The molecule has 0 saturated heterocycles. The van der Waals surface area contributed by atoms with Crippen molar-refractivity contribution in [1.29, 1.82) is 0 Å². The third-order valence-electron chi connectivity index (χ3n) is 3.97. The number of thiazole rings is 1. The lowest BCUT2D eigenvalue weighted by Crippen LogP contribution is -2.26. The molecule has 0 atom stereocenters. The van der Waals surface area contributed by atoms with Gasteiger partial charge in [-0.05, 0) is 37.3 Å². The molecular formula is C19H16FN3O3S. The molecule has 0 fully saturated rings. The van der Waals surface area contributed by atoms with E-state index in [4.69, 9.17) is 0 Å². The van der Waals surface area contributed by atoms with Gasteiger partial charge in [0.25, 0.3) is 11.6 Å². The van der Waals surface area contributed by atoms with Gasteiger partial charge in [-0.15, -0.1) is 11.3 Å². The largest absolute Gasteiger partial charge is 0.351 e. The first-order valence-corrected chi connectivity index (χ1v) is 9.01. The molecule has 2 aromatic carbocycles. The molecule has 0 radical (unpaired) electrons. The summed E-state index contributed by atoms with van der Waals surface area (Å²) in [5, 5.41) is 14.5. The molecule has 0 unspecified atom stereocenters. The van der Waals surface area contributed by atoms with Crippen molar-refractivity contribution in [3.05, 3.63) is 80.6 Å². The van der Waals surface area contributed by atoms with Crippen molar-refractivity contribution in [2.75, 3.05) is 6.54 Å². The second kappa shape index (κ2) is 8.05. The van der Waals surface area contributed by atoms with Gasteiger partial charge in [-0.1, -0.05) is 12.1 Å². The van der Waals surface area contributed by atoms with Gasteiger partial charge in [-0.3, -0.25) is 14.9 Å². The number of benzene rings is 2. The van der Waals surface area contributed by atoms with Gasteiger partial charge in [0.05, 0.1) is 10.6 Å². The average molecular weight is 385 g/mol. The van der Waals surface area contributed by atoms with Gasteiger partial charge < -0.3 is 5.32 Å². The molecule has 1 aromatic heterocycles. The Kier molecular flexibility index (Phi) is 5.56. The number of halogens is 1. The van der Waals surface area contributed by atoms with Crippen molar-refractivity contribution in [2.24, 2.45) is 0 Å². The van der Waals surface area contributed by atoms with E-state index in [9.17, 15) is 19.3 Å². The fourth-order valence-corrected chi connectivity index (χ4v) is 3.65. The summed E-state index contributed by atoms with van der Waals surface area (Å²) in [4.78, 5) is 28.2. The molecule has 0 aliphatic carbocycles. The van der Waals surface area contributed by atoms with Crippen LogP contribution in [-0.2, 0) is 6.42 Å². The lowest BCUT2D eigenvalue weighted by atomic mass is 10.1. The van der Waals surface area contributed by atoms with Crippen molar-refractivity contribution in [3.8, 4) is 10.6 Å². The average Bonchev–Trinajstić information content (AvgIpc) is 3.03.